The molecule has 68 valence electrons. The van der Waals surface area contributed by atoms with Crippen molar-refractivity contribution in [1.82, 2.24) is 4.72 Å². The lowest BCUT2D eigenvalue weighted by Crippen LogP contribution is -2.23. The van der Waals surface area contributed by atoms with Crippen molar-refractivity contribution in [3.05, 3.63) is 0 Å². The third-order valence-corrected chi connectivity index (χ3v) is 2.38. The van der Waals surface area contributed by atoms with Crippen LogP contribution in [0.5, 0.6) is 0 Å². The molecule has 11 heavy (non-hydrogen) atoms. The van der Waals surface area contributed by atoms with Gasteiger partial charge < -0.3 is 0 Å². The topological polar surface area (TPSA) is 12.0 Å². The molecular weight excluding hydrogens is 154 g/mol. The highest BCUT2D eigenvalue weighted by Crippen LogP contribution is 2.09. The third kappa shape index (κ3) is 6.57. The van der Waals surface area contributed by atoms with Crippen molar-refractivity contribution in [2.75, 3.05) is 6.26 Å². The summed E-state index contributed by atoms with van der Waals surface area (Å²) in [5, 5.41) is 0. The zero-order chi connectivity index (χ0) is 8.69. The average Bonchev–Trinajstić information content (AvgIpc) is 1.87. The van der Waals surface area contributed by atoms with Crippen LogP contribution in [0.25, 0.3) is 0 Å². The summed E-state index contributed by atoms with van der Waals surface area (Å²) < 4.78 is 3.50. The second kappa shape index (κ2) is 6.86. The Labute approximate surface area is 73.6 Å². The highest BCUT2D eigenvalue weighted by Gasteiger charge is 2.03. The maximum Gasteiger partial charge on any atom is 0.0166 e. The standard InChI is InChI=1S/C9H21NS/c1-5-7-9(8-6-2)10-11(3)4/h9-10H,3,5-8H2,1-2,4H3. The third-order valence-electron chi connectivity index (χ3n) is 1.64. The predicted molar refractivity (Wildman–Crippen MR) is 57.4 cm³/mol. The van der Waals surface area contributed by atoms with Crippen LogP contribution in [-0.4, -0.2) is 18.2 Å². The minimum atomic E-state index is 0.151. The number of nitrogens with one attached hydrogen (secondary N) is 1. The summed E-state index contributed by atoms with van der Waals surface area (Å²) in [6.45, 7) is 4.47. The zero-order valence-electron chi connectivity index (χ0n) is 8.02. The highest BCUT2D eigenvalue weighted by molar-refractivity contribution is 8.11. The number of hydrogen-bond acceptors (Lipinski definition) is 1. The molecule has 1 atom stereocenters. The summed E-state index contributed by atoms with van der Waals surface area (Å²) in [4.78, 5) is 0. The van der Waals surface area contributed by atoms with Crippen molar-refractivity contribution in [3.8, 4) is 0 Å². The van der Waals surface area contributed by atoms with E-state index < -0.39 is 0 Å². The normalized spacial score (nSPS) is 13.8. The molecule has 0 saturated heterocycles. The van der Waals surface area contributed by atoms with Crippen LogP contribution < -0.4 is 4.72 Å². The Kier molecular flexibility index (Phi) is 6.98. The Morgan fingerprint density at radius 2 is 1.73 bits per heavy atom. The van der Waals surface area contributed by atoms with Crippen molar-refractivity contribution in [3.63, 3.8) is 0 Å². The monoisotopic (exact) mass is 175 g/mol. The Morgan fingerprint density at radius 3 is 2.00 bits per heavy atom. The van der Waals surface area contributed by atoms with Gasteiger partial charge in [-0.05, 0) is 19.1 Å². The first-order chi connectivity index (χ1) is 5.20. The smallest absolute Gasteiger partial charge is 0.0166 e. The van der Waals surface area contributed by atoms with Crippen LogP contribution in [0.1, 0.15) is 39.5 Å². The van der Waals surface area contributed by atoms with Gasteiger partial charge >= 0.3 is 0 Å². The molecule has 0 rings (SSSR count). The van der Waals surface area contributed by atoms with Crippen LogP contribution in [-0.2, 0) is 0 Å². The van der Waals surface area contributed by atoms with E-state index in [2.05, 4.69) is 30.7 Å². The van der Waals surface area contributed by atoms with E-state index in [0.717, 1.165) is 0 Å². The Balaban J connectivity index is 3.59. The van der Waals surface area contributed by atoms with Gasteiger partial charge in [0.2, 0.25) is 0 Å². The van der Waals surface area contributed by atoms with E-state index in [4.69, 9.17) is 0 Å². The molecule has 0 aliphatic carbocycles. The molecule has 0 amide bonds. The lowest BCUT2D eigenvalue weighted by Gasteiger charge is -2.17. The van der Waals surface area contributed by atoms with Gasteiger partial charge in [-0.1, -0.05) is 32.6 Å². The van der Waals surface area contributed by atoms with Crippen molar-refractivity contribution >= 4 is 16.5 Å². The fraction of sp³-hybridized carbons (Fsp3) is 0.889. The fourth-order valence-electron chi connectivity index (χ4n) is 1.24. The lowest BCUT2D eigenvalue weighted by molar-refractivity contribution is 0.525. The van der Waals surface area contributed by atoms with Crippen LogP contribution >= 0.6 is 10.7 Å². The maximum atomic E-state index is 3.96. The molecule has 0 aromatic carbocycles. The molecular formula is C9H21NS. The van der Waals surface area contributed by atoms with Gasteiger partial charge in [-0.3, -0.25) is 4.72 Å². The Morgan fingerprint density at radius 1 is 1.27 bits per heavy atom. The fourth-order valence-corrected chi connectivity index (χ4v) is 2.05. The number of rotatable bonds is 6. The second-order valence-corrected chi connectivity index (χ2v) is 4.54. The molecule has 0 aliphatic heterocycles. The van der Waals surface area contributed by atoms with Gasteiger partial charge in [0, 0.05) is 6.04 Å². The van der Waals surface area contributed by atoms with E-state index in [-0.39, 0.29) is 10.7 Å². The first kappa shape index (κ1) is 11.2. The first-order valence-corrected chi connectivity index (χ1v) is 6.22. The van der Waals surface area contributed by atoms with Gasteiger partial charge in [-0.2, -0.15) is 0 Å². The minimum Gasteiger partial charge on any atom is -0.267 e. The molecule has 2 heteroatoms. The molecule has 0 aromatic heterocycles. The molecule has 1 unspecified atom stereocenters. The Bertz CT molecular complexity index is 106. The highest BCUT2D eigenvalue weighted by atomic mass is 32.2. The second-order valence-electron chi connectivity index (χ2n) is 3.03. The molecule has 0 aromatic rings. The predicted octanol–water partition coefficient (Wildman–Crippen LogP) is 2.79. The van der Waals surface area contributed by atoms with Gasteiger partial charge in [0.15, 0.2) is 0 Å². The SMILES string of the molecule is C=S(C)NC(CCC)CCC. The van der Waals surface area contributed by atoms with E-state index in [1.807, 2.05) is 0 Å². The van der Waals surface area contributed by atoms with Gasteiger partial charge in [-0.25, -0.2) is 0 Å². The van der Waals surface area contributed by atoms with E-state index in [1.165, 1.54) is 25.7 Å². The Hall–Kier alpha value is 0.180. The summed E-state index contributed by atoms with van der Waals surface area (Å²) in [6, 6.07) is 0.704. The van der Waals surface area contributed by atoms with Gasteiger partial charge in [0.25, 0.3) is 0 Å². The minimum absolute atomic E-state index is 0.151. The van der Waals surface area contributed by atoms with Crippen LogP contribution in [0.15, 0.2) is 0 Å². The molecule has 0 saturated carbocycles. The molecule has 0 bridgehead atoms. The summed E-state index contributed by atoms with van der Waals surface area (Å²) in [6.07, 6.45) is 7.27. The first-order valence-electron chi connectivity index (χ1n) is 4.42. The van der Waals surface area contributed by atoms with Gasteiger partial charge in [-0.15, -0.1) is 10.7 Å². The molecule has 0 fully saturated rings. The van der Waals surface area contributed by atoms with Crippen molar-refractivity contribution in [2.45, 2.75) is 45.6 Å². The molecule has 0 radical (unpaired) electrons. The van der Waals surface area contributed by atoms with Gasteiger partial charge in [0.1, 0.15) is 0 Å². The summed E-state index contributed by atoms with van der Waals surface area (Å²) >= 11 is 0. The maximum absolute atomic E-state index is 3.96. The quantitative estimate of drug-likeness (QED) is 0.612. The molecule has 0 spiro atoms. The molecule has 0 heterocycles. The average molecular weight is 175 g/mol. The number of hydrogen-bond donors (Lipinski definition) is 1. The van der Waals surface area contributed by atoms with Crippen LogP contribution in [0.3, 0.4) is 0 Å². The zero-order valence-corrected chi connectivity index (χ0v) is 8.84. The van der Waals surface area contributed by atoms with Crippen molar-refractivity contribution < 1.29 is 0 Å². The summed E-state index contributed by atoms with van der Waals surface area (Å²) in [5.74, 6) is 3.96. The van der Waals surface area contributed by atoms with E-state index >= 15 is 0 Å². The van der Waals surface area contributed by atoms with Crippen molar-refractivity contribution in [2.24, 2.45) is 0 Å². The van der Waals surface area contributed by atoms with Crippen LogP contribution in [0.2, 0.25) is 0 Å². The molecule has 1 nitrogen and oxygen atoms in total. The summed E-state index contributed by atoms with van der Waals surface area (Å²) in [7, 11) is 0.151. The van der Waals surface area contributed by atoms with Crippen LogP contribution in [0, 0.1) is 0 Å². The largest absolute Gasteiger partial charge is 0.267 e. The van der Waals surface area contributed by atoms with Crippen molar-refractivity contribution in [1.29, 1.82) is 0 Å². The van der Waals surface area contributed by atoms with Crippen LogP contribution in [0.4, 0.5) is 0 Å². The van der Waals surface area contributed by atoms with E-state index in [1.54, 1.807) is 0 Å². The molecule has 1 N–H and O–H groups in total. The van der Waals surface area contributed by atoms with E-state index in [9.17, 15) is 0 Å². The summed E-state index contributed by atoms with van der Waals surface area (Å²) in [5.41, 5.74) is 0. The molecule has 0 aliphatic rings. The van der Waals surface area contributed by atoms with E-state index in [0.29, 0.717) is 6.04 Å². The van der Waals surface area contributed by atoms with Gasteiger partial charge in [0.05, 0.1) is 0 Å². The lowest BCUT2D eigenvalue weighted by atomic mass is 10.1.